The van der Waals surface area contributed by atoms with Crippen molar-refractivity contribution in [3.05, 3.63) is 41.5 Å². The van der Waals surface area contributed by atoms with Gasteiger partial charge in [0.2, 0.25) is 10.0 Å². The van der Waals surface area contributed by atoms with Gasteiger partial charge >= 0.3 is 0 Å². The molecule has 0 aliphatic carbocycles. The number of rotatable bonds is 4. The molecule has 2 aliphatic rings. The lowest BCUT2D eigenvalue weighted by Crippen LogP contribution is -2.31. The number of benzene rings is 1. The highest BCUT2D eigenvalue weighted by Crippen LogP contribution is 2.22. The van der Waals surface area contributed by atoms with Gasteiger partial charge in [-0.2, -0.15) is 4.31 Å². The number of piperidine rings is 1. The smallest absolute Gasteiger partial charge is 0.243 e. The number of aromatic nitrogens is 3. The molecule has 4 rings (SSSR count). The van der Waals surface area contributed by atoms with E-state index in [-0.39, 0.29) is 6.54 Å². The van der Waals surface area contributed by atoms with Crippen LogP contribution in [0, 0.1) is 6.92 Å². The summed E-state index contributed by atoms with van der Waals surface area (Å²) >= 11 is 0. The zero-order valence-corrected chi connectivity index (χ0v) is 16.7. The number of hydrogen-bond donors (Lipinski definition) is 0. The molecule has 0 spiro atoms. The average molecular weight is 390 g/mol. The summed E-state index contributed by atoms with van der Waals surface area (Å²) in [5, 5.41) is 8.72. The molecule has 0 radical (unpaired) electrons. The normalized spacial score (nSPS) is 19.6. The summed E-state index contributed by atoms with van der Waals surface area (Å²) in [6.07, 6.45) is 4.55. The van der Waals surface area contributed by atoms with E-state index in [1.54, 1.807) is 12.1 Å². The van der Waals surface area contributed by atoms with E-state index in [4.69, 9.17) is 0 Å². The SMILES string of the molecule is Cc1ccc(S(=O)(=O)N2CCCn3c(CN4CCCCC4)nnc3C2)cc1. The summed E-state index contributed by atoms with van der Waals surface area (Å²) in [5.74, 6) is 1.71. The second-order valence-corrected chi connectivity index (χ2v) is 9.46. The van der Waals surface area contributed by atoms with Gasteiger partial charge in [-0.25, -0.2) is 8.42 Å². The average Bonchev–Trinajstić information content (AvgIpc) is 2.90. The number of likely N-dealkylation sites (tertiary alicyclic amines) is 1. The Hall–Kier alpha value is -1.77. The van der Waals surface area contributed by atoms with E-state index >= 15 is 0 Å². The molecule has 8 heteroatoms. The summed E-state index contributed by atoms with van der Waals surface area (Å²) in [5.41, 5.74) is 1.05. The number of nitrogens with zero attached hydrogens (tertiary/aromatic N) is 5. The van der Waals surface area contributed by atoms with E-state index in [1.165, 1.54) is 23.6 Å². The fourth-order valence-electron chi connectivity index (χ4n) is 3.89. The van der Waals surface area contributed by atoms with Crippen LogP contribution in [0.5, 0.6) is 0 Å². The second kappa shape index (κ2) is 7.69. The van der Waals surface area contributed by atoms with Crippen LogP contribution in [0.1, 0.15) is 42.9 Å². The van der Waals surface area contributed by atoms with Crippen LogP contribution in [0.4, 0.5) is 0 Å². The second-order valence-electron chi connectivity index (χ2n) is 7.53. The predicted molar refractivity (Wildman–Crippen MR) is 103 cm³/mol. The Bertz CT molecular complexity index is 885. The van der Waals surface area contributed by atoms with Crippen molar-refractivity contribution >= 4 is 10.0 Å². The van der Waals surface area contributed by atoms with Gasteiger partial charge in [-0.05, 0) is 51.4 Å². The highest BCUT2D eigenvalue weighted by atomic mass is 32.2. The molecule has 2 aliphatic heterocycles. The molecule has 146 valence electrons. The lowest BCUT2D eigenvalue weighted by molar-refractivity contribution is 0.213. The molecular weight excluding hydrogens is 362 g/mol. The minimum absolute atomic E-state index is 0.281. The quantitative estimate of drug-likeness (QED) is 0.801. The van der Waals surface area contributed by atoms with Gasteiger partial charge in [0.25, 0.3) is 0 Å². The largest absolute Gasteiger partial charge is 0.313 e. The zero-order valence-electron chi connectivity index (χ0n) is 15.8. The first kappa shape index (κ1) is 18.6. The molecule has 0 atom stereocenters. The Morgan fingerprint density at radius 1 is 0.926 bits per heavy atom. The Labute approximate surface area is 161 Å². The highest BCUT2D eigenvalue weighted by Gasteiger charge is 2.29. The van der Waals surface area contributed by atoms with Gasteiger partial charge in [0.05, 0.1) is 18.0 Å². The minimum atomic E-state index is -3.52. The zero-order chi connectivity index (χ0) is 18.9. The van der Waals surface area contributed by atoms with Crippen LogP contribution in [0.3, 0.4) is 0 Å². The van der Waals surface area contributed by atoms with Crippen LogP contribution in [0.2, 0.25) is 0 Å². The number of sulfonamides is 1. The van der Waals surface area contributed by atoms with Gasteiger partial charge in [-0.1, -0.05) is 24.1 Å². The van der Waals surface area contributed by atoms with Gasteiger partial charge in [0, 0.05) is 13.1 Å². The van der Waals surface area contributed by atoms with Crippen molar-refractivity contribution in [2.75, 3.05) is 19.6 Å². The van der Waals surface area contributed by atoms with Crippen molar-refractivity contribution in [1.82, 2.24) is 24.0 Å². The van der Waals surface area contributed by atoms with Gasteiger partial charge in [0.1, 0.15) is 11.6 Å². The monoisotopic (exact) mass is 389 g/mol. The molecule has 3 heterocycles. The van der Waals surface area contributed by atoms with Gasteiger partial charge < -0.3 is 4.57 Å². The van der Waals surface area contributed by atoms with Crippen LogP contribution in [-0.4, -0.2) is 52.0 Å². The molecule has 0 saturated carbocycles. The third kappa shape index (κ3) is 3.93. The topological polar surface area (TPSA) is 71.3 Å². The first-order valence-corrected chi connectivity index (χ1v) is 11.2. The van der Waals surface area contributed by atoms with Crippen LogP contribution >= 0.6 is 0 Å². The summed E-state index contributed by atoms with van der Waals surface area (Å²) in [6.45, 7) is 6.52. The molecule has 0 N–H and O–H groups in total. The Kier molecular flexibility index (Phi) is 5.29. The van der Waals surface area contributed by atoms with Crippen molar-refractivity contribution in [2.45, 2.75) is 57.1 Å². The maximum Gasteiger partial charge on any atom is 0.243 e. The molecule has 27 heavy (non-hydrogen) atoms. The summed E-state index contributed by atoms with van der Waals surface area (Å²) in [6, 6.07) is 7.04. The highest BCUT2D eigenvalue weighted by molar-refractivity contribution is 7.89. The van der Waals surface area contributed by atoms with Crippen LogP contribution in [-0.2, 0) is 29.7 Å². The van der Waals surface area contributed by atoms with Crippen LogP contribution in [0.25, 0.3) is 0 Å². The van der Waals surface area contributed by atoms with E-state index < -0.39 is 10.0 Å². The van der Waals surface area contributed by atoms with E-state index in [0.29, 0.717) is 11.4 Å². The third-order valence-corrected chi connectivity index (χ3v) is 7.34. The third-order valence-electron chi connectivity index (χ3n) is 5.48. The summed E-state index contributed by atoms with van der Waals surface area (Å²) in [7, 11) is -3.52. The molecule has 0 bridgehead atoms. The number of fused-ring (bicyclic) bond motifs is 1. The van der Waals surface area contributed by atoms with Gasteiger partial charge in [0.15, 0.2) is 0 Å². The number of hydrogen-bond acceptors (Lipinski definition) is 5. The van der Waals surface area contributed by atoms with Crippen LogP contribution in [0.15, 0.2) is 29.2 Å². The molecule has 1 saturated heterocycles. The standard InChI is InChI=1S/C19H27N5O2S/c1-16-6-8-17(9-7-16)27(25,26)23-12-5-13-24-18(20-21-19(24)15-23)14-22-10-3-2-4-11-22/h6-9H,2-5,10-15H2,1H3. The molecule has 1 aromatic heterocycles. The van der Waals surface area contributed by atoms with Gasteiger partial charge in [-0.3, -0.25) is 4.90 Å². The fraction of sp³-hybridized carbons (Fsp3) is 0.579. The first-order valence-electron chi connectivity index (χ1n) is 9.74. The predicted octanol–water partition coefficient (Wildman–Crippen LogP) is 2.17. The van der Waals surface area contributed by atoms with Crippen molar-refractivity contribution in [2.24, 2.45) is 0 Å². The molecule has 7 nitrogen and oxygen atoms in total. The Morgan fingerprint density at radius 3 is 2.41 bits per heavy atom. The maximum absolute atomic E-state index is 13.0. The van der Waals surface area contributed by atoms with E-state index in [9.17, 15) is 8.42 Å². The first-order chi connectivity index (χ1) is 13.0. The molecule has 0 unspecified atom stereocenters. The molecule has 2 aromatic rings. The van der Waals surface area contributed by atoms with E-state index in [0.717, 1.165) is 49.8 Å². The van der Waals surface area contributed by atoms with E-state index in [2.05, 4.69) is 19.7 Å². The maximum atomic E-state index is 13.0. The Morgan fingerprint density at radius 2 is 1.67 bits per heavy atom. The van der Waals surface area contributed by atoms with Crippen LogP contribution < -0.4 is 0 Å². The Balaban J connectivity index is 1.54. The molecule has 1 aromatic carbocycles. The summed E-state index contributed by atoms with van der Waals surface area (Å²) in [4.78, 5) is 2.77. The van der Waals surface area contributed by atoms with Gasteiger partial charge in [-0.15, -0.1) is 10.2 Å². The van der Waals surface area contributed by atoms with Crippen molar-refractivity contribution in [3.8, 4) is 0 Å². The van der Waals surface area contributed by atoms with E-state index in [1.807, 2.05) is 19.1 Å². The molecular formula is C19H27N5O2S. The lowest BCUT2D eigenvalue weighted by atomic mass is 10.1. The minimum Gasteiger partial charge on any atom is -0.313 e. The van der Waals surface area contributed by atoms with Crippen molar-refractivity contribution in [3.63, 3.8) is 0 Å². The fourth-order valence-corrected chi connectivity index (χ4v) is 5.32. The number of aryl methyl sites for hydroxylation is 1. The molecule has 0 amide bonds. The summed E-state index contributed by atoms with van der Waals surface area (Å²) < 4.78 is 29.8. The lowest BCUT2D eigenvalue weighted by Gasteiger charge is -2.25. The van der Waals surface area contributed by atoms with Crippen molar-refractivity contribution < 1.29 is 8.42 Å². The van der Waals surface area contributed by atoms with Crippen molar-refractivity contribution in [1.29, 1.82) is 0 Å². The molecule has 1 fully saturated rings.